The van der Waals surface area contributed by atoms with Gasteiger partial charge >= 0.3 is 0 Å². The minimum absolute atomic E-state index is 0.923. The van der Waals surface area contributed by atoms with Crippen molar-refractivity contribution in [1.82, 2.24) is 10.2 Å². The molecule has 0 saturated heterocycles. The van der Waals surface area contributed by atoms with Crippen LogP contribution in [0.3, 0.4) is 0 Å². The van der Waals surface area contributed by atoms with Gasteiger partial charge in [0.05, 0.1) is 6.54 Å². The van der Waals surface area contributed by atoms with Crippen molar-refractivity contribution in [1.29, 1.82) is 0 Å². The maximum absolute atomic E-state index is 5.59. The largest absolute Gasteiger partial charge is 0.465 e. The second kappa shape index (κ2) is 10.0. The van der Waals surface area contributed by atoms with E-state index in [-0.39, 0.29) is 0 Å². The minimum Gasteiger partial charge on any atom is -0.465 e. The molecule has 0 spiro atoms. The molecule has 0 unspecified atom stereocenters. The SMILES string of the molecule is CCCNCCCCCCN(C)Cc1ccc(C)o1. The molecule has 1 heterocycles. The molecular weight excluding hydrogens is 236 g/mol. The van der Waals surface area contributed by atoms with Crippen LogP contribution in [-0.2, 0) is 6.54 Å². The predicted octanol–water partition coefficient (Wildman–Crippen LogP) is 3.58. The van der Waals surface area contributed by atoms with Crippen molar-refractivity contribution in [2.75, 3.05) is 26.7 Å². The second-order valence-electron chi connectivity index (χ2n) is 5.41. The lowest BCUT2D eigenvalue weighted by Gasteiger charge is -2.14. The van der Waals surface area contributed by atoms with Crippen molar-refractivity contribution in [3.63, 3.8) is 0 Å². The van der Waals surface area contributed by atoms with Crippen LogP contribution in [0.1, 0.15) is 50.5 Å². The molecule has 1 rings (SSSR count). The van der Waals surface area contributed by atoms with Crippen LogP contribution >= 0.6 is 0 Å². The maximum Gasteiger partial charge on any atom is 0.118 e. The summed E-state index contributed by atoms with van der Waals surface area (Å²) in [6.45, 7) is 8.62. The van der Waals surface area contributed by atoms with Gasteiger partial charge < -0.3 is 9.73 Å². The molecule has 1 aromatic heterocycles. The van der Waals surface area contributed by atoms with Gasteiger partial charge in [0.2, 0.25) is 0 Å². The smallest absolute Gasteiger partial charge is 0.118 e. The van der Waals surface area contributed by atoms with E-state index >= 15 is 0 Å². The van der Waals surface area contributed by atoms with Crippen LogP contribution in [0.4, 0.5) is 0 Å². The van der Waals surface area contributed by atoms with Crippen molar-refractivity contribution >= 4 is 0 Å². The van der Waals surface area contributed by atoms with Crippen molar-refractivity contribution in [3.05, 3.63) is 23.7 Å². The molecule has 0 aromatic carbocycles. The standard InChI is InChI=1S/C16H30N2O/c1-4-11-17-12-7-5-6-8-13-18(3)14-16-10-9-15(2)19-16/h9-10,17H,4-8,11-14H2,1-3H3. The van der Waals surface area contributed by atoms with E-state index in [1.54, 1.807) is 0 Å². The van der Waals surface area contributed by atoms with E-state index in [1.807, 2.05) is 13.0 Å². The first-order valence-electron chi connectivity index (χ1n) is 7.67. The highest BCUT2D eigenvalue weighted by Gasteiger charge is 2.03. The highest BCUT2D eigenvalue weighted by molar-refractivity contribution is 5.05. The van der Waals surface area contributed by atoms with Gasteiger partial charge in [-0.1, -0.05) is 19.8 Å². The summed E-state index contributed by atoms with van der Waals surface area (Å²) in [6, 6.07) is 4.11. The molecule has 3 nitrogen and oxygen atoms in total. The molecule has 3 heteroatoms. The molecule has 1 aromatic rings. The number of hydrogen-bond acceptors (Lipinski definition) is 3. The number of aryl methyl sites for hydroxylation is 1. The molecule has 0 amide bonds. The summed E-state index contributed by atoms with van der Waals surface area (Å²) >= 11 is 0. The van der Waals surface area contributed by atoms with E-state index in [2.05, 4.69) is 30.3 Å². The number of furan rings is 1. The predicted molar refractivity (Wildman–Crippen MR) is 81.4 cm³/mol. The van der Waals surface area contributed by atoms with Crippen molar-refractivity contribution in [2.45, 2.75) is 52.5 Å². The molecule has 19 heavy (non-hydrogen) atoms. The van der Waals surface area contributed by atoms with E-state index < -0.39 is 0 Å². The summed E-state index contributed by atoms with van der Waals surface area (Å²) < 4.78 is 5.59. The molecule has 1 N–H and O–H groups in total. The van der Waals surface area contributed by atoms with Crippen LogP contribution in [-0.4, -0.2) is 31.6 Å². The van der Waals surface area contributed by atoms with Crippen LogP contribution in [0.5, 0.6) is 0 Å². The molecular formula is C16H30N2O. The fourth-order valence-corrected chi connectivity index (χ4v) is 2.20. The van der Waals surface area contributed by atoms with Crippen molar-refractivity contribution < 1.29 is 4.42 Å². The van der Waals surface area contributed by atoms with E-state index in [4.69, 9.17) is 4.42 Å². The van der Waals surface area contributed by atoms with Crippen LogP contribution in [0, 0.1) is 6.92 Å². The van der Waals surface area contributed by atoms with Gasteiger partial charge in [0, 0.05) is 0 Å². The third-order valence-electron chi connectivity index (χ3n) is 3.29. The molecule has 0 atom stereocenters. The zero-order valence-electron chi connectivity index (χ0n) is 12.9. The monoisotopic (exact) mass is 266 g/mol. The first kappa shape index (κ1) is 16.3. The zero-order chi connectivity index (χ0) is 13.9. The Morgan fingerprint density at radius 1 is 1.11 bits per heavy atom. The molecule has 110 valence electrons. The first-order chi connectivity index (χ1) is 9.22. The minimum atomic E-state index is 0.923. The number of nitrogens with one attached hydrogen (secondary N) is 1. The third-order valence-corrected chi connectivity index (χ3v) is 3.29. The molecule has 0 radical (unpaired) electrons. The van der Waals surface area contributed by atoms with Crippen LogP contribution in [0.2, 0.25) is 0 Å². The Kier molecular flexibility index (Phi) is 8.59. The van der Waals surface area contributed by atoms with Gasteiger partial charge in [-0.25, -0.2) is 0 Å². The van der Waals surface area contributed by atoms with Gasteiger partial charge in [0.25, 0.3) is 0 Å². The van der Waals surface area contributed by atoms with E-state index in [1.165, 1.54) is 38.6 Å². The maximum atomic E-state index is 5.59. The normalized spacial score (nSPS) is 11.4. The lowest BCUT2D eigenvalue weighted by atomic mass is 10.2. The topological polar surface area (TPSA) is 28.4 Å². The Morgan fingerprint density at radius 2 is 1.89 bits per heavy atom. The highest BCUT2D eigenvalue weighted by Crippen LogP contribution is 2.09. The average Bonchev–Trinajstić information content (AvgIpc) is 2.78. The van der Waals surface area contributed by atoms with Crippen molar-refractivity contribution in [3.8, 4) is 0 Å². The number of rotatable bonds is 11. The van der Waals surface area contributed by atoms with Gasteiger partial charge in [-0.05, 0) is 65.0 Å². The van der Waals surface area contributed by atoms with Crippen LogP contribution in [0.25, 0.3) is 0 Å². The summed E-state index contributed by atoms with van der Waals surface area (Å²) in [6.07, 6.45) is 6.49. The Bertz CT molecular complexity index is 322. The Morgan fingerprint density at radius 3 is 2.58 bits per heavy atom. The van der Waals surface area contributed by atoms with Crippen LogP contribution < -0.4 is 5.32 Å². The van der Waals surface area contributed by atoms with Crippen molar-refractivity contribution in [2.24, 2.45) is 0 Å². The van der Waals surface area contributed by atoms with E-state index in [0.29, 0.717) is 0 Å². The number of hydrogen-bond donors (Lipinski definition) is 1. The van der Waals surface area contributed by atoms with Gasteiger partial charge in [0.1, 0.15) is 11.5 Å². The molecule has 0 saturated carbocycles. The summed E-state index contributed by atoms with van der Waals surface area (Å²) in [5, 5.41) is 3.45. The third kappa shape index (κ3) is 8.06. The molecule has 0 bridgehead atoms. The first-order valence-corrected chi connectivity index (χ1v) is 7.67. The summed E-state index contributed by atoms with van der Waals surface area (Å²) in [5.74, 6) is 2.08. The van der Waals surface area contributed by atoms with Gasteiger partial charge in [-0.3, -0.25) is 4.90 Å². The van der Waals surface area contributed by atoms with Gasteiger partial charge in [0.15, 0.2) is 0 Å². The number of unbranched alkanes of at least 4 members (excludes halogenated alkanes) is 3. The fraction of sp³-hybridized carbons (Fsp3) is 0.750. The van der Waals surface area contributed by atoms with E-state index in [0.717, 1.165) is 31.2 Å². The fourth-order valence-electron chi connectivity index (χ4n) is 2.20. The Labute approximate surface area is 118 Å². The summed E-state index contributed by atoms with van der Waals surface area (Å²) in [7, 11) is 2.17. The Hall–Kier alpha value is -0.800. The average molecular weight is 266 g/mol. The zero-order valence-corrected chi connectivity index (χ0v) is 12.9. The summed E-state index contributed by atoms with van der Waals surface area (Å²) in [4.78, 5) is 2.34. The molecule has 0 fully saturated rings. The molecule has 0 aliphatic rings. The molecule has 0 aliphatic heterocycles. The lowest BCUT2D eigenvalue weighted by molar-refractivity contribution is 0.285. The van der Waals surface area contributed by atoms with E-state index in [9.17, 15) is 0 Å². The molecule has 0 aliphatic carbocycles. The van der Waals surface area contributed by atoms with Gasteiger partial charge in [-0.2, -0.15) is 0 Å². The quantitative estimate of drug-likeness (QED) is 0.621. The van der Waals surface area contributed by atoms with Crippen LogP contribution in [0.15, 0.2) is 16.5 Å². The van der Waals surface area contributed by atoms with Gasteiger partial charge in [-0.15, -0.1) is 0 Å². The highest BCUT2D eigenvalue weighted by atomic mass is 16.3. The Balaban J connectivity index is 1.94. The number of nitrogens with zero attached hydrogens (tertiary/aromatic N) is 1. The summed E-state index contributed by atoms with van der Waals surface area (Å²) in [5.41, 5.74) is 0. The second-order valence-corrected chi connectivity index (χ2v) is 5.41. The lowest BCUT2D eigenvalue weighted by Crippen LogP contribution is -2.19.